The van der Waals surface area contributed by atoms with Gasteiger partial charge in [0.15, 0.2) is 0 Å². The number of amides is 1. The molecular formula is C13H11NO4. The van der Waals surface area contributed by atoms with E-state index in [2.05, 4.69) is 5.32 Å². The lowest BCUT2D eigenvalue weighted by atomic mass is 10.1. The van der Waals surface area contributed by atoms with Gasteiger partial charge in [-0.2, -0.15) is 0 Å². The first-order chi connectivity index (χ1) is 8.58. The molecule has 0 aromatic heterocycles. The van der Waals surface area contributed by atoms with E-state index >= 15 is 0 Å². The molecule has 5 nitrogen and oxygen atoms in total. The Morgan fingerprint density at radius 3 is 2.44 bits per heavy atom. The zero-order valence-electron chi connectivity index (χ0n) is 9.38. The van der Waals surface area contributed by atoms with Crippen LogP contribution in [-0.4, -0.2) is 22.1 Å². The largest absolute Gasteiger partial charge is 0.507 e. The number of anilines is 1. The van der Waals surface area contributed by atoms with Gasteiger partial charge >= 0.3 is 5.97 Å². The number of carboxylic acid groups (broad SMARTS) is 1. The number of carboxylic acids is 1. The summed E-state index contributed by atoms with van der Waals surface area (Å²) in [5.41, 5.74) is 0.481. The molecular weight excluding hydrogens is 234 g/mol. The summed E-state index contributed by atoms with van der Waals surface area (Å²) in [6.07, 6.45) is -0.588. The number of phenols is 1. The van der Waals surface area contributed by atoms with Crippen molar-refractivity contribution in [2.24, 2.45) is 0 Å². The van der Waals surface area contributed by atoms with Crippen LogP contribution < -0.4 is 5.32 Å². The van der Waals surface area contributed by atoms with Crippen molar-refractivity contribution in [3.63, 3.8) is 0 Å². The first-order valence-corrected chi connectivity index (χ1v) is 5.30. The van der Waals surface area contributed by atoms with Gasteiger partial charge in [-0.05, 0) is 12.1 Å². The van der Waals surface area contributed by atoms with Crippen molar-refractivity contribution < 1.29 is 19.8 Å². The molecule has 2 aromatic carbocycles. The second-order valence-electron chi connectivity index (χ2n) is 3.80. The molecule has 2 aromatic rings. The van der Waals surface area contributed by atoms with Gasteiger partial charge < -0.3 is 15.5 Å². The Morgan fingerprint density at radius 2 is 1.72 bits per heavy atom. The molecule has 0 saturated carbocycles. The van der Waals surface area contributed by atoms with Gasteiger partial charge in [0, 0.05) is 16.5 Å². The lowest BCUT2D eigenvalue weighted by molar-refractivity contribution is -0.139. The number of aliphatic carboxylic acids is 1. The van der Waals surface area contributed by atoms with E-state index in [1.54, 1.807) is 36.4 Å². The van der Waals surface area contributed by atoms with Crippen LogP contribution in [-0.2, 0) is 9.59 Å². The maximum Gasteiger partial charge on any atom is 0.312 e. The van der Waals surface area contributed by atoms with Crippen molar-refractivity contribution >= 4 is 28.3 Å². The zero-order chi connectivity index (χ0) is 13.1. The summed E-state index contributed by atoms with van der Waals surface area (Å²) >= 11 is 0. The molecule has 0 radical (unpaired) electrons. The Balaban J connectivity index is 2.37. The summed E-state index contributed by atoms with van der Waals surface area (Å²) in [7, 11) is 0. The summed E-state index contributed by atoms with van der Waals surface area (Å²) in [6, 6.07) is 10.00. The van der Waals surface area contributed by atoms with Crippen LogP contribution in [0.25, 0.3) is 10.8 Å². The van der Waals surface area contributed by atoms with Gasteiger partial charge in [-0.3, -0.25) is 9.59 Å². The SMILES string of the molecule is O=C(O)CC(=O)Nc1cccc2c(O)cccc12. The van der Waals surface area contributed by atoms with E-state index in [0.29, 0.717) is 16.5 Å². The number of hydrogen-bond acceptors (Lipinski definition) is 3. The van der Waals surface area contributed by atoms with Crippen molar-refractivity contribution in [3.05, 3.63) is 36.4 Å². The van der Waals surface area contributed by atoms with E-state index < -0.39 is 18.3 Å². The molecule has 0 aliphatic carbocycles. The minimum absolute atomic E-state index is 0.113. The van der Waals surface area contributed by atoms with Crippen LogP contribution in [0, 0.1) is 0 Å². The number of nitrogens with one attached hydrogen (secondary N) is 1. The van der Waals surface area contributed by atoms with Crippen LogP contribution >= 0.6 is 0 Å². The minimum Gasteiger partial charge on any atom is -0.507 e. The molecule has 0 bridgehead atoms. The number of carbonyl (C=O) groups excluding carboxylic acids is 1. The van der Waals surface area contributed by atoms with E-state index in [1.807, 2.05) is 0 Å². The van der Waals surface area contributed by atoms with Crippen molar-refractivity contribution in [1.29, 1.82) is 0 Å². The number of hydrogen-bond donors (Lipinski definition) is 3. The maximum absolute atomic E-state index is 11.4. The van der Waals surface area contributed by atoms with Crippen LogP contribution in [0.1, 0.15) is 6.42 Å². The minimum atomic E-state index is -1.18. The topological polar surface area (TPSA) is 86.6 Å². The van der Waals surface area contributed by atoms with E-state index in [1.165, 1.54) is 0 Å². The Hall–Kier alpha value is -2.56. The fourth-order valence-electron chi connectivity index (χ4n) is 1.73. The van der Waals surface area contributed by atoms with Gasteiger partial charge in [0.1, 0.15) is 12.2 Å². The molecule has 92 valence electrons. The van der Waals surface area contributed by atoms with Gasteiger partial charge in [-0.1, -0.05) is 24.3 Å². The Labute approximate surface area is 103 Å². The zero-order valence-corrected chi connectivity index (χ0v) is 9.38. The predicted octanol–water partition coefficient (Wildman–Crippen LogP) is 1.96. The second-order valence-corrected chi connectivity index (χ2v) is 3.80. The van der Waals surface area contributed by atoms with Crippen molar-refractivity contribution in [2.45, 2.75) is 6.42 Å². The third-order valence-corrected chi connectivity index (χ3v) is 2.48. The smallest absolute Gasteiger partial charge is 0.312 e. The van der Waals surface area contributed by atoms with Crippen LogP contribution in [0.4, 0.5) is 5.69 Å². The van der Waals surface area contributed by atoms with E-state index in [4.69, 9.17) is 5.11 Å². The molecule has 0 heterocycles. The highest BCUT2D eigenvalue weighted by molar-refractivity contribution is 6.07. The molecule has 3 N–H and O–H groups in total. The molecule has 0 aliphatic heterocycles. The summed E-state index contributed by atoms with van der Waals surface area (Å²) in [5, 5.41) is 22.0. The first-order valence-electron chi connectivity index (χ1n) is 5.30. The number of rotatable bonds is 3. The third-order valence-electron chi connectivity index (χ3n) is 2.48. The van der Waals surface area contributed by atoms with Gasteiger partial charge in [-0.15, -0.1) is 0 Å². The molecule has 0 spiro atoms. The first kappa shape index (κ1) is 11.9. The summed E-state index contributed by atoms with van der Waals surface area (Å²) < 4.78 is 0. The van der Waals surface area contributed by atoms with Crippen molar-refractivity contribution in [1.82, 2.24) is 0 Å². The Bertz CT molecular complexity index is 621. The highest BCUT2D eigenvalue weighted by Crippen LogP contribution is 2.29. The summed E-state index contributed by atoms with van der Waals surface area (Å²) in [5.74, 6) is -1.67. The van der Waals surface area contributed by atoms with Crippen LogP contribution in [0.15, 0.2) is 36.4 Å². The average Bonchev–Trinajstić information content (AvgIpc) is 2.29. The van der Waals surface area contributed by atoms with E-state index in [-0.39, 0.29) is 5.75 Å². The average molecular weight is 245 g/mol. The molecule has 5 heteroatoms. The predicted molar refractivity (Wildman–Crippen MR) is 66.5 cm³/mol. The molecule has 0 atom stereocenters. The van der Waals surface area contributed by atoms with Crippen LogP contribution in [0.5, 0.6) is 5.75 Å². The monoisotopic (exact) mass is 245 g/mol. The van der Waals surface area contributed by atoms with E-state index in [0.717, 1.165) is 0 Å². The highest BCUT2D eigenvalue weighted by atomic mass is 16.4. The second kappa shape index (κ2) is 4.75. The molecule has 0 unspecified atom stereocenters. The van der Waals surface area contributed by atoms with Gasteiger partial charge in [0.25, 0.3) is 0 Å². The standard InChI is InChI=1S/C13H11NO4/c15-11-6-2-3-8-9(11)4-1-5-10(8)14-12(16)7-13(17)18/h1-6,15H,7H2,(H,14,16)(H,17,18). The number of fused-ring (bicyclic) bond motifs is 1. The molecule has 0 aliphatic rings. The van der Waals surface area contributed by atoms with Gasteiger partial charge in [0.05, 0.1) is 0 Å². The summed E-state index contributed by atoms with van der Waals surface area (Å²) in [6.45, 7) is 0. The van der Waals surface area contributed by atoms with Gasteiger partial charge in [-0.25, -0.2) is 0 Å². The van der Waals surface area contributed by atoms with Crippen molar-refractivity contribution in [3.8, 4) is 5.75 Å². The Morgan fingerprint density at radius 1 is 1.06 bits per heavy atom. The fourth-order valence-corrected chi connectivity index (χ4v) is 1.73. The molecule has 0 saturated heterocycles. The Kier molecular flexibility index (Phi) is 3.14. The fraction of sp³-hybridized carbons (Fsp3) is 0.0769. The normalized spacial score (nSPS) is 10.2. The van der Waals surface area contributed by atoms with Gasteiger partial charge in [0.2, 0.25) is 5.91 Å². The van der Waals surface area contributed by atoms with Crippen LogP contribution in [0.3, 0.4) is 0 Å². The molecule has 18 heavy (non-hydrogen) atoms. The molecule has 0 fully saturated rings. The third kappa shape index (κ3) is 2.40. The van der Waals surface area contributed by atoms with Crippen LogP contribution in [0.2, 0.25) is 0 Å². The lowest BCUT2D eigenvalue weighted by Crippen LogP contribution is -2.16. The van der Waals surface area contributed by atoms with Crippen molar-refractivity contribution in [2.75, 3.05) is 5.32 Å². The summed E-state index contributed by atoms with van der Waals surface area (Å²) in [4.78, 5) is 21.8. The highest BCUT2D eigenvalue weighted by Gasteiger charge is 2.10. The molecule has 1 amide bonds. The lowest BCUT2D eigenvalue weighted by Gasteiger charge is -2.08. The number of phenolic OH excluding ortho intramolecular Hbond substituents is 1. The maximum atomic E-state index is 11.4. The number of benzene rings is 2. The number of carbonyl (C=O) groups is 2. The quantitative estimate of drug-likeness (QED) is 0.721. The molecule has 2 rings (SSSR count). The number of aromatic hydroxyl groups is 1. The van der Waals surface area contributed by atoms with E-state index in [9.17, 15) is 14.7 Å².